The van der Waals surface area contributed by atoms with Crippen LogP contribution in [-0.2, 0) is 15.5 Å². The number of hydrogen-bond acceptors (Lipinski definition) is 9. The molecule has 5 rings (SSSR count). The normalized spacial score (nSPS) is 23.7. The maximum Gasteiger partial charge on any atom is 0.340 e. The number of esters is 1. The van der Waals surface area contributed by atoms with Crippen LogP contribution in [0.1, 0.15) is 67.7 Å². The molecule has 10 heteroatoms. The lowest BCUT2D eigenvalue weighted by molar-refractivity contribution is -0.0189. The van der Waals surface area contributed by atoms with E-state index in [9.17, 15) is 9.00 Å². The Morgan fingerprint density at radius 1 is 1.25 bits per heavy atom. The van der Waals surface area contributed by atoms with Gasteiger partial charge in [0.25, 0.3) is 0 Å². The number of hydrogen-bond donors (Lipinski definition) is 2. The molecular formula is C26H31N5O4S. The topological polar surface area (TPSA) is 129 Å². The summed E-state index contributed by atoms with van der Waals surface area (Å²) in [5.74, 6) is 2.91. The summed E-state index contributed by atoms with van der Waals surface area (Å²) in [6.07, 6.45) is 4.36. The number of carbonyl (C=O) groups excluding carboxylic acids is 1. The van der Waals surface area contributed by atoms with Crippen LogP contribution >= 0.6 is 0 Å². The van der Waals surface area contributed by atoms with Gasteiger partial charge in [-0.2, -0.15) is 0 Å². The van der Waals surface area contributed by atoms with Crippen LogP contribution in [0.3, 0.4) is 0 Å². The average Bonchev–Trinajstić information content (AvgIpc) is 3.25. The highest BCUT2D eigenvalue weighted by Crippen LogP contribution is 2.38. The lowest BCUT2D eigenvalue weighted by Gasteiger charge is -2.36. The van der Waals surface area contributed by atoms with Crippen molar-refractivity contribution in [2.75, 3.05) is 23.4 Å². The Hall–Kier alpha value is -3.11. The number of aromatic nitrogens is 3. The monoisotopic (exact) mass is 509 g/mol. The molecule has 190 valence electrons. The summed E-state index contributed by atoms with van der Waals surface area (Å²) in [6, 6.07) is 5.16. The van der Waals surface area contributed by atoms with Gasteiger partial charge in [-0.05, 0) is 56.3 Å². The largest absolute Gasteiger partial charge is 0.477 e. The zero-order chi connectivity index (χ0) is 25.6. The molecule has 0 aliphatic carbocycles. The summed E-state index contributed by atoms with van der Waals surface area (Å²) in [5, 5.41) is 4.92. The molecule has 0 radical (unpaired) electrons. The fraction of sp³-hybridized carbons (Fsp3) is 0.462. The molecule has 0 amide bonds. The SMILES string of the molecule is CC(N)c1cnc(OCC2CCS(=O)C2)c2cnc(Nc3ccc4c(n3)C(C)C(C)(C)OC4=O)cc12. The molecule has 2 aliphatic rings. The third-order valence-electron chi connectivity index (χ3n) is 7.10. The van der Waals surface area contributed by atoms with E-state index in [1.807, 2.05) is 33.8 Å². The molecule has 1 fully saturated rings. The van der Waals surface area contributed by atoms with Crippen molar-refractivity contribution < 1.29 is 18.5 Å². The van der Waals surface area contributed by atoms with Crippen LogP contribution in [0, 0.1) is 5.92 Å². The molecule has 36 heavy (non-hydrogen) atoms. The zero-order valence-electron chi connectivity index (χ0n) is 20.9. The molecule has 9 nitrogen and oxygen atoms in total. The van der Waals surface area contributed by atoms with E-state index in [0.29, 0.717) is 41.1 Å². The van der Waals surface area contributed by atoms with Gasteiger partial charge in [0, 0.05) is 52.6 Å². The summed E-state index contributed by atoms with van der Waals surface area (Å²) in [4.78, 5) is 26.2. The van der Waals surface area contributed by atoms with Crippen LogP contribution < -0.4 is 15.8 Å². The standard InChI is InChI=1S/C26H31N5O4S/c1-14-23-17(25(32)35-26(14,3)4)5-6-21(31-23)30-22-9-18-19(15(2)27)10-29-24(20(18)11-28-22)34-12-16-7-8-36(33)13-16/h5-6,9-11,14-16H,7-8,12-13,27H2,1-4H3,(H,28,30,31). The first-order valence-electron chi connectivity index (χ1n) is 12.2. The minimum absolute atomic E-state index is 0.0655. The molecule has 3 aromatic heterocycles. The van der Waals surface area contributed by atoms with Crippen molar-refractivity contribution >= 4 is 39.2 Å². The van der Waals surface area contributed by atoms with Gasteiger partial charge in [0.1, 0.15) is 17.2 Å². The van der Waals surface area contributed by atoms with E-state index >= 15 is 0 Å². The van der Waals surface area contributed by atoms with Crippen LogP contribution in [0.4, 0.5) is 11.6 Å². The van der Waals surface area contributed by atoms with Crippen LogP contribution in [-0.4, -0.2) is 48.8 Å². The van der Waals surface area contributed by atoms with Gasteiger partial charge in [0.2, 0.25) is 5.88 Å². The van der Waals surface area contributed by atoms with E-state index in [2.05, 4.69) is 15.3 Å². The summed E-state index contributed by atoms with van der Waals surface area (Å²) in [7, 11) is -0.749. The summed E-state index contributed by atoms with van der Waals surface area (Å²) in [6.45, 7) is 8.16. The van der Waals surface area contributed by atoms with Crippen molar-refractivity contribution in [1.82, 2.24) is 15.0 Å². The zero-order valence-corrected chi connectivity index (χ0v) is 21.7. The maximum absolute atomic E-state index is 12.4. The number of pyridine rings is 3. The quantitative estimate of drug-likeness (QED) is 0.474. The van der Waals surface area contributed by atoms with Crippen molar-refractivity contribution in [2.45, 2.75) is 51.7 Å². The van der Waals surface area contributed by atoms with E-state index in [1.54, 1.807) is 24.5 Å². The van der Waals surface area contributed by atoms with Crippen molar-refractivity contribution in [3.8, 4) is 5.88 Å². The Kier molecular flexibility index (Phi) is 6.42. The second-order valence-corrected chi connectivity index (χ2v) is 11.8. The fourth-order valence-corrected chi connectivity index (χ4v) is 6.18. The van der Waals surface area contributed by atoms with Gasteiger partial charge in [-0.25, -0.2) is 19.7 Å². The molecule has 3 aromatic rings. The van der Waals surface area contributed by atoms with Gasteiger partial charge in [0.05, 0.1) is 23.3 Å². The van der Waals surface area contributed by atoms with Crippen molar-refractivity contribution in [2.24, 2.45) is 11.7 Å². The molecule has 0 bridgehead atoms. The highest BCUT2D eigenvalue weighted by atomic mass is 32.2. The predicted molar refractivity (Wildman–Crippen MR) is 139 cm³/mol. The number of cyclic esters (lactones) is 1. The van der Waals surface area contributed by atoms with Crippen LogP contribution in [0.15, 0.2) is 30.6 Å². The Labute approximate surface area is 212 Å². The first-order valence-corrected chi connectivity index (χ1v) is 13.6. The average molecular weight is 510 g/mol. The minimum Gasteiger partial charge on any atom is -0.477 e. The lowest BCUT2D eigenvalue weighted by atomic mass is 9.84. The molecule has 5 heterocycles. The number of nitrogens with two attached hydrogens (primary N) is 1. The van der Waals surface area contributed by atoms with Crippen molar-refractivity contribution in [3.63, 3.8) is 0 Å². The van der Waals surface area contributed by atoms with E-state index in [1.165, 1.54) is 0 Å². The van der Waals surface area contributed by atoms with E-state index < -0.39 is 16.4 Å². The molecular weight excluding hydrogens is 478 g/mol. The highest BCUT2D eigenvalue weighted by Gasteiger charge is 2.40. The van der Waals surface area contributed by atoms with Crippen LogP contribution in [0.5, 0.6) is 5.88 Å². The van der Waals surface area contributed by atoms with E-state index in [4.69, 9.17) is 20.2 Å². The predicted octanol–water partition coefficient (Wildman–Crippen LogP) is 3.99. The van der Waals surface area contributed by atoms with Crippen LogP contribution in [0.25, 0.3) is 10.8 Å². The second kappa shape index (κ2) is 9.40. The molecule has 1 saturated heterocycles. The van der Waals surface area contributed by atoms with Gasteiger partial charge in [-0.1, -0.05) is 6.92 Å². The van der Waals surface area contributed by atoms with E-state index in [-0.39, 0.29) is 23.8 Å². The number of anilines is 2. The molecule has 2 aliphatic heterocycles. The van der Waals surface area contributed by atoms with Gasteiger partial charge < -0.3 is 20.5 Å². The number of fused-ring (bicyclic) bond motifs is 2. The first kappa shape index (κ1) is 24.6. The van der Waals surface area contributed by atoms with Crippen molar-refractivity contribution in [3.05, 3.63) is 47.4 Å². The molecule has 0 saturated carbocycles. The summed E-state index contributed by atoms with van der Waals surface area (Å²) in [5.41, 5.74) is 7.66. The number of carbonyl (C=O) groups is 1. The first-order chi connectivity index (χ1) is 17.1. The van der Waals surface area contributed by atoms with Gasteiger partial charge in [-0.15, -0.1) is 0 Å². The Balaban J connectivity index is 1.45. The van der Waals surface area contributed by atoms with Gasteiger partial charge in [-0.3, -0.25) is 4.21 Å². The van der Waals surface area contributed by atoms with Crippen LogP contribution in [0.2, 0.25) is 0 Å². The van der Waals surface area contributed by atoms with E-state index in [0.717, 1.165) is 28.5 Å². The van der Waals surface area contributed by atoms with Gasteiger partial charge >= 0.3 is 5.97 Å². The molecule has 0 aromatic carbocycles. The second-order valence-electron chi connectivity index (χ2n) is 10.2. The molecule has 4 atom stereocenters. The number of nitrogens with one attached hydrogen (secondary N) is 1. The highest BCUT2D eigenvalue weighted by molar-refractivity contribution is 7.85. The summed E-state index contributed by atoms with van der Waals surface area (Å²) >= 11 is 0. The number of nitrogens with zero attached hydrogens (tertiary/aromatic N) is 3. The Morgan fingerprint density at radius 2 is 2.06 bits per heavy atom. The molecule has 4 unspecified atom stereocenters. The maximum atomic E-state index is 12.4. The van der Waals surface area contributed by atoms with Gasteiger partial charge in [0.15, 0.2) is 0 Å². The third-order valence-corrected chi connectivity index (χ3v) is 8.63. The Morgan fingerprint density at radius 3 is 2.78 bits per heavy atom. The lowest BCUT2D eigenvalue weighted by Crippen LogP contribution is -2.39. The third kappa shape index (κ3) is 4.67. The number of rotatable bonds is 6. The Bertz CT molecular complexity index is 1360. The molecule has 0 spiro atoms. The minimum atomic E-state index is -0.749. The number of ether oxygens (including phenoxy) is 2. The fourth-order valence-electron chi connectivity index (χ4n) is 4.62. The molecule has 3 N–H and O–H groups in total. The smallest absolute Gasteiger partial charge is 0.340 e. The summed E-state index contributed by atoms with van der Waals surface area (Å²) < 4.78 is 23.3. The van der Waals surface area contributed by atoms with Crippen molar-refractivity contribution in [1.29, 1.82) is 0 Å².